The largest absolute Gasteiger partial charge is 0.497 e. The van der Waals surface area contributed by atoms with Crippen LogP contribution >= 0.6 is 0 Å². The molecule has 1 heterocycles. The molecule has 0 radical (unpaired) electrons. The summed E-state index contributed by atoms with van der Waals surface area (Å²) < 4.78 is 10.3. The lowest BCUT2D eigenvalue weighted by molar-refractivity contribution is -0.146. The Morgan fingerprint density at radius 1 is 1.27 bits per heavy atom. The number of carbonyl (C=O) groups excluding carboxylic acids is 1. The van der Waals surface area contributed by atoms with Crippen molar-refractivity contribution in [2.45, 2.75) is 33.1 Å². The fourth-order valence-electron chi connectivity index (χ4n) is 2.10. The second-order valence-corrected chi connectivity index (χ2v) is 6.56. The molecule has 0 aliphatic heterocycles. The number of carboxylic acids is 1. The quantitative estimate of drug-likeness (QED) is 0.704. The molecule has 1 aromatic heterocycles. The van der Waals surface area contributed by atoms with Crippen LogP contribution in [0.25, 0.3) is 11.4 Å². The number of methoxy groups -OCH3 is 1. The van der Waals surface area contributed by atoms with E-state index in [9.17, 15) is 9.59 Å². The van der Waals surface area contributed by atoms with E-state index in [2.05, 4.69) is 15.5 Å². The van der Waals surface area contributed by atoms with Gasteiger partial charge in [-0.1, -0.05) is 5.16 Å². The first-order valence-electron chi connectivity index (χ1n) is 8.29. The standard InChI is InChI=1S/C18H23N3O5/c1-18(2,17(23)24)11-19-14(22)5-4-6-15-20-16(21-26-15)12-7-9-13(25-3)10-8-12/h7-10H,4-6,11H2,1-3H3,(H,19,22)(H,23,24). The van der Waals surface area contributed by atoms with Crippen molar-refractivity contribution in [1.82, 2.24) is 15.5 Å². The Kier molecular flexibility index (Phi) is 6.32. The van der Waals surface area contributed by atoms with Crippen LogP contribution in [0.15, 0.2) is 28.8 Å². The maximum absolute atomic E-state index is 11.8. The topological polar surface area (TPSA) is 115 Å². The number of amides is 1. The lowest BCUT2D eigenvalue weighted by Gasteiger charge is -2.19. The third kappa shape index (κ3) is 5.30. The van der Waals surface area contributed by atoms with Crippen molar-refractivity contribution in [3.05, 3.63) is 30.2 Å². The summed E-state index contributed by atoms with van der Waals surface area (Å²) in [4.78, 5) is 27.1. The lowest BCUT2D eigenvalue weighted by Crippen LogP contribution is -2.38. The second kappa shape index (κ2) is 8.46. The number of nitrogens with one attached hydrogen (secondary N) is 1. The summed E-state index contributed by atoms with van der Waals surface area (Å²) in [5.74, 6) is 0.531. The molecule has 2 rings (SSSR count). The van der Waals surface area contributed by atoms with Gasteiger partial charge in [-0.05, 0) is 44.5 Å². The monoisotopic (exact) mass is 361 g/mol. The fraction of sp³-hybridized carbons (Fsp3) is 0.444. The number of hydrogen-bond acceptors (Lipinski definition) is 6. The Hall–Kier alpha value is -2.90. The number of ether oxygens (including phenoxy) is 1. The van der Waals surface area contributed by atoms with E-state index in [-0.39, 0.29) is 18.9 Å². The van der Waals surface area contributed by atoms with Gasteiger partial charge in [0.05, 0.1) is 12.5 Å². The predicted octanol–water partition coefficient (Wildman–Crippen LogP) is 2.29. The molecule has 0 fully saturated rings. The highest BCUT2D eigenvalue weighted by atomic mass is 16.5. The van der Waals surface area contributed by atoms with E-state index < -0.39 is 11.4 Å². The third-order valence-electron chi connectivity index (χ3n) is 3.92. The number of aromatic nitrogens is 2. The zero-order valence-corrected chi connectivity index (χ0v) is 15.1. The van der Waals surface area contributed by atoms with E-state index in [1.807, 2.05) is 24.3 Å². The first-order chi connectivity index (χ1) is 12.3. The van der Waals surface area contributed by atoms with Crippen LogP contribution in [0.5, 0.6) is 5.75 Å². The number of aryl methyl sites for hydroxylation is 1. The second-order valence-electron chi connectivity index (χ2n) is 6.56. The number of carbonyl (C=O) groups is 2. The minimum Gasteiger partial charge on any atom is -0.497 e. The average molecular weight is 361 g/mol. The van der Waals surface area contributed by atoms with Gasteiger partial charge >= 0.3 is 5.97 Å². The normalized spacial score (nSPS) is 11.2. The third-order valence-corrected chi connectivity index (χ3v) is 3.92. The van der Waals surface area contributed by atoms with E-state index >= 15 is 0 Å². The van der Waals surface area contributed by atoms with Crippen LogP contribution in [0.1, 0.15) is 32.6 Å². The predicted molar refractivity (Wildman–Crippen MR) is 93.7 cm³/mol. The molecule has 2 aromatic rings. The molecule has 1 aromatic carbocycles. The Labute approximate surface area is 151 Å². The highest BCUT2D eigenvalue weighted by Crippen LogP contribution is 2.20. The van der Waals surface area contributed by atoms with Crippen LogP contribution in [-0.2, 0) is 16.0 Å². The maximum Gasteiger partial charge on any atom is 0.310 e. The first kappa shape index (κ1) is 19.4. The van der Waals surface area contributed by atoms with Gasteiger partial charge in [-0.3, -0.25) is 9.59 Å². The molecule has 0 saturated heterocycles. The molecular weight excluding hydrogens is 338 g/mol. The molecule has 1 amide bonds. The van der Waals surface area contributed by atoms with E-state index in [1.54, 1.807) is 21.0 Å². The van der Waals surface area contributed by atoms with Crippen molar-refractivity contribution in [3.8, 4) is 17.1 Å². The average Bonchev–Trinajstić information content (AvgIpc) is 3.09. The van der Waals surface area contributed by atoms with Gasteiger partial charge in [0.15, 0.2) is 0 Å². The number of carboxylic acid groups (broad SMARTS) is 1. The molecule has 0 spiro atoms. The summed E-state index contributed by atoms with van der Waals surface area (Å²) in [5.41, 5.74) is -0.176. The molecule has 2 N–H and O–H groups in total. The maximum atomic E-state index is 11.8. The van der Waals surface area contributed by atoms with Gasteiger partial charge in [0.25, 0.3) is 0 Å². The Bertz CT molecular complexity index is 752. The van der Waals surface area contributed by atoms with Crippen molar-refractivity contribution in [3.63, 3.8) is 0 Å². The van der Waals surface area contributed by atoms with Crippen LogP contribution in [0.3, 0.4) is 0 Å². The number of benzene rings is 1. The van der Waals surface area contributed by atoms with E-state index in [1.165, 1.54) is 0 Å². The minimum absolute atomic E-state index is 0.0866. The number of aliphatic carboxylic acids is 1. The molecule has 0 bridgehead atoms. The van der Waals surface area contributed by atoms with E-state index in [0.29, 0.717) is 24.6 Å². The van der Waals surface area contributed by atoms with Gasteiger partial charge in [-0.15, -0.1) is 0 Å². The smallest absolute Gasteiger partial charge is 0.310 e. The van der Waals surface area contributed by atoms with Crippen LogP contribution in [-0.4, -0.2) is 40.8 Å². The van der Waals surface area contributed by atoms with Crippen molar-refractivity contribution < 1.29 is 24.0 Å². The van der Waals surface area contributed by atoms with Gasteiger partial charge < -0.3 is 19.7 Å². The molecule has 26 heavy (non-hydrogen) atoms. The molecule has 8 nitrogen and oxygen atoms in total. The van der Waals surface area contributed by atoms with E-state index in [0.717, 1.165) is 11.3 Å². The summed E-state index contributed by atoms with van der Waals surface area (Å²) in [6, 6.07) is 7.30. The van der Waals surface area contributed by atoms with E-state index in [4.69, 9.17) is 14.4 Å². The number of rotatable bonds is 9. The van der Waals surface area contributed by atoms with Gasteiger partial charge in [-0.2, -0.15) is 4.98 Å². The molecular formula is C18H23N3O5. The Morgan fingerprint density at radius 2 is 1.96 bits per heavy atom. The van der Waals surface area contributed by atoms with Gasteiger partial charge in [0, 0.05) is 24.9 Å². The van der Waals surface area contributed by atoms with Crippen LogP contribution in [0.4, 0.5) is 0 Å². The van der Waals surface area contributed by atoms with Crippen molar-refractivity contribution in [2.24, 2.45) is 5.41 Å². The molecule has 140 valence electrons. The molecule has 0 aliphatic rings. The molecule has 0 saturated carbocycles. The lowest BCUT2D eigenvalue weighted by atomic mass is 9.94. The van der Waals surface area contributed by atoms with Crippen molar-refractivity contribution in [1.29, 1.82) is 0 Å². The zero-order chi connectivity index (χ0) is 19.2. The van der Waals surface area contributed by atoms with Crippen molar-refractivity contribution in [2.75, 3.05) is 13.7 Å². The molecule has 8 heteroatoms. The highest BCUT2D eigenvalue weighted by Gasteiger charge is 2.27. The zero-order valence-electron chi connectivity index (χ0n) is 15.1. The molecule has 0 atom stereocenters. The molecule has 0 unspecified atom stereocenters. The van der Waals surface area contributed by atoms with Crippen molar-refractivity contribution >= 4 is 11.9 Å². The molecule has 0 aliphatic carbocycles. The van der Waals surface area contributed by atoms with Crippen LogP contribution < -0.4 is 10.1 Å². The summed E-state index contributed by atoms with van der Waals surface area (Å²) in [5, 5.41) is 15.6. The first-order valence-corrected chi connectivity index (χ1v) is 8.29. The minimum atomic E-state index is -0.991. The van der Waals surface area contributed by atoms with Crippen LogP contribution in [0, 0.1) is 5.41 Å². The summed E-state index contributed by atoms with van der Waals surface area (Å²) in [7, 11) is 1.60. The summed E-state index contributed by atoms with van der Waals surface area (Å²) in [6.07, 6.45) is 1.26. The number of hydrogen-bond donors (Lipinski definition) is 2. The highest BCUT2D eigenvalue weighted by molar-refractivity contribution is 5.78. The Morgan fingerprint density at radius 3 is 2.58 bits per heavy atom. The van der Waals surface area contributed by atoms with Gasteiger partial charge in [0.1, 0.15) is 5.75 Å². The summed E-state index contributed by atoms with van der Waals surface area (Å²) >= 11 is 0. The Balaban J connectivity index is 1.79. The fourth-order valence-corrected chi connectivity index (χ4v) is 2.10. The van der Waals surface area contributed by atoms with Crippen LogP contribution in [0.2, 0.25) is 0 Å². The van der Waals surface area contributed by atoms with Gasteiger partial charge in [0.2, 0.25) is 17.6 Å². The summed E-state index contributed by atoms with van der Waals surface area (Å²) in [6.45, 7) is 3.22. The SMILES string of the molecule is COc1ccc(-c2noc(CCCC(=O)NCC(C)(C)C(=O)O)n2)cc1. The number of nitrogens with zero attached hydrogens (tertiary/aromatic N) is 2. The van der Waals surface area contributed by atoms with Gasteiger partial charge in [-0.25, -0.2) is 0 Å².